The highest BCUT2D eigenvalue weighted by atomic mass is 35.5. The molecular weight excluding hydrogens is 324 g/mol. The van der Waals surface area contributed by atoms with Gasteiger partial charge in [0.1, 0.15) is 5.75 Å². The van der Waals surface area contributed by atoms with Crippen molar-refractivity contribution < 1.29 is 13.2 Å². The van der Waals surface area contributed by atoms with E-state index in [0.717, 1.165) is 19.4 Å². The monoisotopic (exact) mass is 348 g/mol. The summed E-state index contributed by atoms with van der Waals surface area (Å²) in [4.78, 5) is 0.261. The summed E-state index contributed by atoms with van der Waals surface area (Å²) in [6, 6.07) is 6.56. The zero-order valence-corrected chi connectivity index (χ0v) is 14.9. The maximum absolute atomic E-state index is 12.3. The van der Waals surface area contributed by atoms with Gasteiger partial charge in [0, 0.05) is 12.6 Å². The molecule has 0 spiro atoms. The van der Waals surface area contributed by atoms with Crippen LogP contribution in [0.25, 0.3) is 0 Å². The van der Waals surface area contributed by atoms with Crippen LogP contribution in [0.5, 0.6) is 5.75 Å². The summed E-state index contributed by atoms with van der Waals surface area (Å²) in [5.74, 6) is 0.643. The van der Waals surface area contributed by atoms with Gasteiger partial charge in [-0.3, -0.25) is 0 Å². The van der Waals surface area contributed by atoms with Crippen LogP contribution in [0, 0.1) is 5.41 Å². The van der Waals surface area contributed by atoms with E-state index in [1.54, 1.807) is 31.4 Å². The number of hydrogen-bond acceptors (Lipinski definition) is 4. The van der Waals surface area contributed by atoms with Crippen LogP contribution in [0.2, 0.25) is 0 Å². The largest absolute Gasteiger partial charge is 0.497 e. The molecule has 0 amide bonds. The van der Waals surface area contributed by atoms with Gasteiger partial charge < -0.3 is 10.1 Å². The molecule has 1 aromatic carbocycles. The van der Waals surface area contributed by atoms with Gasteiger partial charge in [-0.15, -0.1) is 12.4 Å². The molecule has 2 N–H and O–H groups in total. The summed E-state index contributed by atoms with van der Waals surface area (Å²) < 4.78 is 32.4. The van der Waals surface area contributed by atoms with Crippen molar-refractivity contribution in [1.82, 2.24) is 10.0 Å². The summed E-state index contributed by atoms with van der Waals surface area (Å²) >= 11 is 0. The van der Waals surface area contributed by atoms with Gasteiger partial charge in [0.2, 0.25) is 10.0 Å². The number of methoxy groups -OCH3 is 1. The Kier molecular flexibility index (Phi) is 6.67. The molecule has 2 rings (SSSR count). The molecule has 0 bridgehead atoms. The lowest BCUT2D eigenvalue weighted by atomic mass is 9.78. The SMILES string of the molecule is COc1ccc(S(=O)(=O)NCC2NCCCC2(C)C)cc1.Cl. The summed E-state index contributed by atoms with van der Waals surface area (Å²) in [6.07, 6.45) is 2.24. The van der Waals surface area contributed by atoms with Crippen molar-refractivity contribution in [3.8, 4) is 5.75 Å². The van der Waals surface area contributed by atoms with Crippen molar-refractivity contribution in [2.45, 2.75) is 37.6 Å². The van der Waals surface area contributed by atoms with Gasteiger partial charge in [-0.1, -0.05) is 13.8 Å². The van der Waals surface area contributed by atoms with Crippen LogP contribution in [-0.2, 0) is 10.0 Å². The molecule has 1 heterocycles. The van der Waals surface area contributed by atoms with Gasteiger partial charge in [0.25, 0.3) is 0 Å². The third-order valence-corrected chi connectivity index (χ3v) is 5.62. The number of hydrogen-bond donors (Lipinski definition) is 2. The van der Waals surface area contributed by atoms with Crippen LogP contribution in [-0.4, -0.2) is 34.7 Å². The second-order valence-electron chi connectivity index (χ2n) is 6.13. The number of nitrogens with one attached hydrogen (secondary N) is 2. The summed E-state index contributed by atoms with van der Waals surface area (Å²) in [6.45, 7) is 5.69. The lowest BCUT2D eigenvalue weighted by Gasteiger charge is -2.39. The van der Waals surface area contributed by atoms with Crippen molar-refractivity contribution in [2.24, 2.45) is 5.41 Å². The number of halogens is 1. The Morgan fingerprint density at radius 1 is 1.32 bits per heavy atom. The van der Waals surface area contributed by atoms with Crippen molar-refractivity contribution in [1.29, 1.82) is 0 Å². The molecule has 1 aliphatic rings. The topological polar surface area (TPSA) is 67.4 Å². The number of benzene rings is 1. The summed E-state index contributed by atoms with van der Waals surface area (Å²) in [5, 5.41) is 3.40. The van der Waals surface area contributed by atoms with E-state index in [1.165, 1.54) is 0 Å². The molecule has 126 valence electrons. The highest BCUT2D eigenvalue weighted by Crippen LogP contribution is 2.29. The Morgan fingerprint density at radius 3 is 2.50 bits per heavy atom. The standard InChI is InChI=1S/C15H24N2O3S.ClH/c1-15(2)9-4-10-16-14(15)11-17-21(18,19)13-7-5-12(20-3)6-8-13;/h5-8,14,16-17H,4,9-11H2,1-3H3;1H. The maximum Gasteiger partial charge on any atom is 0.240 e. The minimum Gasteiger partial charge on any atom is -0.497 e. The second kappa shape index (κ2) is 7.64. The number of rotatable bonds is 5. The lowest BCUT2D eigenvalue weighted by molar-refractivity contribution is 0.181. The van der Waals surface area contributed by atoms with Crippen molar-refractivity contribution in [3.05, 3.63) is 24.3 Å². The van der Waals surface area contributed by atoms with Gasteiger partial charge in [0.15, 0.2) is 0 Å². The molecule has 0 radical (unpaired) electrons. The molecule has 1 saturated heterocycles. The van der Waals surface area contributed by atoms with Crippen molar-refractivity contribution in [3.63, 3.8) is 0 Å². The normalized spacial score (nSPS) is 21.0. The molecule has 1 aromatic rings. The van der Waals surface area contributed by atoms with Crippen LogP contribution >= 0.6 is 12.4 Å². The van der Waals surface area contributed by atoms with E-state index in [9.17, 15) is 8.42 Å². The molecule has 22 heavy (non-hydrogen) atoms. The summed E-state index contributed by atoms with van der Waals surface area (Å²) in [5.41, 5.74) is 0.0979. The first-order chi connectivity index (χ1) is 9.85. The first-order valence-corrected chi connectivity index (χ1v) is 8.70. The van der Waals surface area contributed by atoms with Crippen LogP contribution in [0.3, 0.4) is 0 Å². The average Bonchev–Trinajstić information content (AvgIpc) is 2.46. The highest BCUT2D eigenvalue weighted by molar-refractivity contribution is 7.89. The maximum atomic E-state index is 12.3. The van der Waals surface area contributed by atoms with Crippen LogP contribution in [0.4, 0.5) is 0 Å². The first kappa shape index (κ1) is 19.2. The fourth-order valence-electron chi connectivity index (χ4n) is 2.65. The van der Waals surface area contributed by atoms with Gasteiger partial charge in [-0.25, -0.2) is 13.1 Å². The molecule has 0 aliphatic carbocycles. The number of ether oxygens (including phenoxy) is 1. The molecule has 1 atom stereocenters. The molecule has 1 aliphatic heterocycles. The Hall–Kier alpha value is -0.820. The van der Waals surface area contributed by atoms with E-state index in [2.05, 4.69) is 23.9 Å². The predicted molar refractivity (Wildman–Crippen MR) is 90.2 cm³/mol. The Labute approximate surface area is 139 Å². The van der Waals surface area contributed by atoms with Crippen LogP contribution in [0.1, 0.15) is 26.7 Å². The number of sulfonamides is 1. The molecule has 0 saturated carbocycles. The first-order valence-electron chi connectivity index (χ1n) is 7.22. The quantitative estimate of drug-likeness (QED) is 0.855. The second-order valence-corrected chi connectivity index (χ2v) is 7.89. The molecule has 0 aromatic heterocycles. The molecule has 7 heteroatoms. The molecule has 1 unspecified atom stereocenters. The van der Waals surface area contributed by atoms with E-state index >= 15 is 0 Å². The van der Waals surface area contributed by atoms with E-state index < -0.39 is 10.0 Å². The Morgan fingerprint density at radius 2 is 1.95 bits per heavy atom. The zero-order chi connectivity index (χ0) is 15.5. The third-order valence-electron chi connectivity index (χ3n) is 4.18. The van der Waals surface area contributed by atoms with Gasteiger partial charge in [-0.2, -0.15) is 0 Å². The number of piperidine rings is 1. The summed E-state index contributed by atoms with van der Waals surface area (Å²) in [7, 11) is -1.93. The van der Waals surface area contributed by atoms with Crippen LogP contribution < -0.4 is 14.8 Å². The predicted octanol–water partition coefficient (Wildman–Crippen LogP) is 2.17. The van der Waals surface area contributed by atoms with Crippen molar-refractivity contribution >= 4 is 22.4 Å². The minimum absolute atomic E-state index is 0. The van der Waals surface area contributed by atoms with E-state index in [0.29, 0.717) is 12.3 Å². The molecule has 5 nitrogen and oxygen atoms in total. The smallest absolute Gasteiger partial charge is 0.240 e. The Bertz CT molecular complexity index is 573. The Balaban J connectivity index is 0.00000242. The van der Waals surface area contributed by atoms with Gasteiger partial charge in [-0.05, 0) is 49.1 Å². The van der Waals surface area contributed by atoms with E-state index in [-0.39, 0.29) is 28.8 Å². The lowest BCUT2D eigenvalue weighted by Crippen LogP contribution is -2.52. The van der Waals surface area contributed by atoms with Crippen LogP contribution in [0.15, 0.2) is 29.2 Å². The fraction of sp³-hybridized carbons (Fsp3) is 0.600. The minimum atomic E-state index is -3.48. The van der Waals surface area contributed by atoms with Gasteiger partial charge in [0.05, 0.1) is 12.0 Å². The van der Waals surface area contributed by atoms with Gasteiger partial charge >= 0.3 is 0 Å². The average molecular weight is 349 g/mol. The molecular formula is C15H25ClN2O3S. The zero-order valence-electron chi connectivity index (χ0n) is 13.3. The fourth-order valence-corrected chi connectivity index (χ4v) is 3.70. The van der Waals surface area contributed by atoms with E-state index in [4.69, 9.17) is 4.74 Å². The third kappa shape index (κ3) is 4.59. The highest BCUT2D eigenvalue weighted by Gasteiger charge is 2.32. The van der Waals surface area contributed by atoms with Crippen molar-refractivity contribution in [2.75, 3.05) is 20.2 Å². The molecule has 1 fully saturated rings. The van der Waals surface area contributed by atoms with E-state index in [1.807, 2.05) is 0 Å².